The van der Waals surface area contributed by atoms with Crippen LogP contribution >= 0.6 is 0 Å². The van der Waals surface area contributed by atoms with Crippen LogP contribution in [0.5, 0.6) is 0 Å². The second-order valence-corrected chi connectivity index (χ2v) is 7.28. The predicted molar refractivity (Wildman–Crippen MR) is 86.0 cm³/mol. The third-order valence-electron chi connectivity index (χ3n) is 5.89. The summed E-state index contributed by atoms with van der Waals surface area (Å²) in [6.07, 6.45) is 13.0. The van der Waals surface area contributed by atoms with Gasteiger partial charge in [0, 0.05) is 26.2 Å². The van der Waals surface area contributed by atoms with E-state index in [1.165, 1.54) is 70.9 Å². The van der Waals surface area contributed by atoms with E-state index in [0.29, 0.717) is 12.4 Å². The minimum Gasteiger partial charge on any atom is -0.381 e. The summed E-state index contributed by atoms with van der Waals surface area (Å²) in [4.78, 5) is 0. The van der Waals surface area contributed by atoms with Crippen LogP contribution in [0.4, 0.5) is 0 Å². The maximum absolute atomic E-state index is 5.49. The summed E-state index contributed by atoms with van der Waals surface area (Å²) in [5.74, 6) is 1.68. The third-order valence-corrected chi connectivity index (χ3v) is 5.89. The highest BCUT2D eigenvalue weighted by atomic mass is 16.5. The summed E-state index contributed by atoms with van der Waals surface area (Å²) in [5, 5.41) is 11.1. The molecule has 3 rings (SSSR count). The van der Waals surface area contributed by atoms with Gasteiger partial charge in [0.05, 0.1) is 6.10 Å². The zero-order chi connectivity index (χ0) is 14.5. The summed E-state index contributed by atoms with van der Waals surface area (Å²) in [5.41, 5.74) is 0. The van der Waals surface area contributed by atoms with E-state index >= 15 is 0 Å². The van der Waals surface area contributed by atoms with Gasteiger partial charge in [-0.3, -0.25) is 16.0 Å². The first-order chi connectivity index (χ1) is 10.3. The van der Waals surface area contributed by atoms with E-state index < -0.39 is 0 Å². The van der Waals surface area contributed by atoms with Crippen molar-refractivity contribution in [1.82, 2.24) is 16.0 Å². The van der Waals surface area contributed by atoms with Crippen molar-refractivity contribution < 1.29 is 4.74 Å². The van der Waals surface area contributed by atoms with E-state index in [1.807, 2.05) is 7.11 Å². The molecule has 3 aliphatic rings. The van der Waals surface area contributed by atoms with Crippen LogP contribution in [0.25, 0.3) is 0 Å². The van der Waals surface area contributed by atoms with Crippen molar-refractivity contribution in [3.05, 3.63) is 0 Å². The second-order valence-electron chi connectivity index (χ2n) is 7.28. The molecule has 2 saturated carbocycles. The Morgan fingerprint density at radius 1 is 0.810 bits per heavy atom. The molecule has 0 bridgehead atoms. The second kappa shape index (κ2) is 7.91. The van der Waals surface area contributed by atoms with E-state index in [9.17, 15) is 0 Å². The maximum atomic E-state index is 5.49. The molecule has 1 saturated heterocycles. The van der Waals surface area contributed by atoms with Crippen molar-refractivity contribution in [3.8, 4) is 0 Å². The molecule has 0 amide bonds. The lowest BCUT2D eigenvalue weighted by Gasteiger charge is -2.40. The van der Waals surface area contributed by atoms with Gasteiger partial charge in [0.2, 0.25) is 0 Å². The first-order valence-corrected chi connectivity index (χ1v) is 9.11. The van der Waals surface area contributed by atoms with Crippen molar-refractivity contribution in [1.29, 1.82) is 0 Å². The van der Waals surface area contributed by atoms with Crippen LogP contribution in [0.15, 0.2) is 0 Å². The Bertz CT molecular complexity index is 290. The molecule has 0 radical (unpaired) electrons. The molecule has 3 N–H and O–H groups in total. The molecular weight excluding hydrogens is 262 g/mol. The summed E-state index contributed by atoms with van der Waals surface area (Å²) < 4.78 is 5.49. The molecular formula is C17H33N3O. The van der Waals surface area contributed by atoms with Crippen LogP contribution in [0.1, 0.15) is 57.8 Å². The molecule has 4 heteroatoms. The number of hydrogen-bond acceptors (Lipinski definition) is 4. The van der Waals surface area contributed by atoms with Gasteiger partial charge < -0.3 is 4.74 Å². The van der Waals surface area contributed by atoms with Crippen molar-refractivity contribution in [2.75, 3.05) is 20.2 Å². The number of methoxy groups -OCH3 is 1. The fraction of sp³-hybridized carbons (Fsp3) is 1.00. The summed E-state index contributed by atoms with van der Waals surface area (Å²) in [6, 6.07) is 0.720. The summed E-state index contributed by atoms with van der Waals surface area (Å²) in [6.45, 7) is 2.33. The van der Waals surface area contributed by atoms with Crippen LogP contribution < -0.4 is 16.0 Å². The van der Waals surface area contributed by atoms with E-state index in [4.69, 9.17) is 4.74 Å². The van der Waals surface area contributed by atoms with E-state index in [-0.39, 0.29) is 0 Å². The Labute approximate surface area is 129 Å². The number of nitrogens with one attached hydrogen (secondary N) is 3. The molecule has 0 atom stereocenters. The van der Waals surface area contributed by atoms with Crippen LogP contribution in [0, 0.1) is 11.8 Å². The Hall–Kier alpha value is -0.160. The zero-order valence-corrected chi connectivity index (χ0v) is 13.6. The topological polar surface area (TPSA) is 45.3 Å². The summed E-state index contributed by atoms with van der Waals surface area (Å²) >= 11 is 0. The molecule has 2 aliphatic carbocycles. The van der Waals surface area contributed by atoms with Gasteiger partial charge in [0.1, 0.15) is 6.29 Å². The standard InChI is InChI=1S/C17H33N3O/c1-21-16-9-7-13(8-10-16)14-11-18-17(19-12-14)20-15-5-3-2-4-6-15/h13-20H,2-12H2,1H3. The van der Waals surface area contributed by atoms with Gasteiger partial charge in [-0.2, -0.15) is 0 Å². The van der Waals surface area contributed by atoms with E-state index in [1.54, 1.807) is 0 Å². The highest BCUT2D eigenvalue weighted by Crippen LogP contribution is 2.31. The van der Waals surface area contributed by atoms with Gasteiger partial charge in [-0.05, 0) is 50.4 Å². The van der Waals surface area contributed by atoms with Gasteiger partial charge in [0.15, 0.2) is 0 Å². The van der Waals surface area contributed by atoms with Crippen molar-refractivity contribution >= 4 is 0 Å². The molecule has 0 aromatic rings. The summed E-state index contributed by atoms with van der Waals surface area (Å²) in [7, 11) is 1.86. The highest BCUT2D eigenvalue weighted by Gasteiger charge is 2.31. The molecule has 0 spiro atoms. The minimum atomic E-state index is 0.333. The molecule has 21 heavy (non-hydrogen) atoms. The molecule has 0 unspecified atom stereocenters. The van der Waals surface area contributed by atoms with Gasteiger partial charge in [-0.15, -0.1) is 0 Å². The van der Waals surface area contributed by atoms with Crippen molar-refractivity contribution in [3.63, 3.8) is 0 Å². The molecule has 0 aromatic carbocycles. The third kappa shape index (κ3) is 4.41. The van der Waals surface area contributed by atoms with Crippen LogP contribution in [-0.2, 0) is 4.74 Å². The fourth-order valence-electron chi connectivity index (χ4n) is 4.43. The van der Waals surface area contributed by atoms with Crippen LogP contribution in [0.3, 0.4) is 0 Å². The number of rotatable bonds is 4. The first-order valence-electron chi connectivity index (χ1n) is 9.11. The average Bonchev–Trinajstić information content (AvgIpc) is 2.57. The molecule has 4 nitrogen and oxygen atoms in total. The van der Waals surface area contributed by atoms with Crippen LogP contribution in [0.2, 0.25) is 0 Å². The normalized spacial score (nSPS) is 39.3. The van der Waals surface area contributed by atoms with Crippen molar-refractivity contribution in [2.45, 2.75) is 76.2 Å². The number of hydrogen-bond donors (Lipinski definition) is 3. The van der Waals surface area contributed by atoms with E-state index in [2.05, 4.69) is 16.0 Å². The first kappa shape index (κ1) is 15.7. The Balaban J connectivity index is 1.37. The Kier molecular flexibility index (Phi) is 5.92. The predicted octanol–water partition coefficient (Wildman–Crippen LogP) is 2.21. The number of ether oxygens (including phenoxy) is 1. The largest absolute Gasteiger partial charge is 0.381 e. The zero-order valence-electron chi connectivity index (χ0n) is 13.6. The van der Waals surface area contributed by atoms with Gasteiger partial charge in [0.25, 0.3) is 0 Å². The van der Waals surface area contributed by atoms with Gasteiger partial charge in [-0.25, -0.2) is 0 Å². The van der Waals surface area contributed by atoms with Crippen molar-refractivity contribution in [2.24, 2.45) is 11.8 Å². The lowest BCUT2D eigenvalue weighted by molar-refractivity contribution is 0.0415. The quantitative estimate of drug-likeness (QED) is 0.744. The van der Waals surface area contributed by atoms with Crippen LogP contribution in [-0.4, -0.2) is 38.6 Å². The molecule has 0 aromatic heterocycles. The van der Waals surface area contributed by atoms with E-state index in [0.717, 1.165) is 17.9 Å². The fourth-order valence-corrected chi connectivity index (χ4v) is 4.43. The van der Waals surface area contributed by atoms with Gasteiger partial charge >= 0.3 is 0 Å². The lowest BCUT2D eigenvalue weighted by Crippen LogP contribution is -2.63. The average molecular weight is 295 g/mol. The highest BCUT2D eigenvalue weighted by molar-refractivity contribution is 4.86. The lowest BCUT2D eigenvalue weighted by atomic mass is 9.78. The maximum Gasteiger partial charge on any atom is 0.112 e. The molecule has 1 aliphatic heterocycles. The smallest absolute Gasteiger partial charge is 0.112 e. The van der Waals surface area contributed by atoms with Gasteiger partial charge in [-0.1, -0.05) is 19.3 Å². The monoisotopic (exact) mass is 295 g/mol. The molecule has 3 fully saturated rings. The molecule has 1 heterocycles. The SMILES string of the molecule is COC1CCC(C2CNC(NC3CCCCC3)NC2)CC1. The Morgan fingerprint density at radius 3 is 2.10 bits per heavy atom. The Morgan fingerprint density at radius 2 is 1.48 bits per heavy atom. The molecule has 122 valence electrons. The minimum absolute atomic E-state index is 0.333.